The van der Waals surface area contributed by atoms with Crippen LogP contribution in [-0.4, -0.2) is 32.6 Å². The van der Waals surface area contributed by atoms with Crippen molar-refractivity contribution in [3.63, 3.8) is 0 Å². The minimum atomic E-state index is -0.565. The number of carbonyl (C=O) groups excluding carboxylic acids is 2. The van der Waals surface area contributed by atoms with Crippen LogP contribution in [-0.2, 0) is 9.53 Å². The topological polar surface area (TPSA) is 58.6 Å². The molecular formula is C17H16Cl2N2O3. The highest BCUT2D eigenvalue weighted by Gasteiger charge is 2.11. The fourth-order valence-corrected chi connectivity index (χ4v) is 2.18. The normalized spacial score (nSPS) is 10.2. The van der Waals surface area contributed by atoms with Gasteiger partial charge in [0.2, 0.25) is 0 Å². The number of amides is 1. The maximum atomic E-state index is 11.9. The van der Waals surface area contributed by atoms with Gasteiger partial charge < -0.3 is 15.0 Å². The molecule has 7 heteroatoms. The summed E-state index contributed by atoms with van der Waals surface area (Å²) in [7, 11) is 3.81. The Morgan fingerprint density at radius 2 is 1.71 bits per heavy atom. The van der Waals surface area contributed by atoms with Gasteiger partial charge in [-0.05, 0) is 42.5 Å². The van der Waals surface area contributed by atoms with E-state index in [0.717, 1.165) is 5.69 Å². The Hall–Kier alpha value is -2.24. The third-order valence-electron chi connectivity index (χ3n) is 3.16. The molecule has 0 aliphatic heterocycles. The summed E-state index contributed by atoms with van der Waals surface area (Å²) >= 11 is 11.7. The zero-order chi connectivity index (χ0) is 17.7. The Kier molecular flexibility index (Phi) is 6.06. The van der Waals surface area contributed by atoms with Gasteiger partial charge in [-0.25, -0.2) is 4.79 Å². The first-order chi connectivity index (χ1) is 11.4. The highest BCUT2D eigenvalue weighted by Crippen LogP contribution is 2.24. The lowest BCUT2D eigenvalue weighted by atomic mass is 10.2. The summed E-state index contributed by atoms with van der Waals surface area (Å²) in [6, 6.07) is 11.6. The van der Waals surface area contributed by atoms with Gasteiger partial charge in [0.15, 0.2) is 6.61 Å². The molecule has 0 aliphatic rings. The van der Waals surface area contributed by atoms with Gasteiger partial charge >= 0.3 is 5.97 Å². The molecule has 0 aromatic heterocycles. The average Bonchev–Trinajstić information content (AvgIpc) is 2.56. The second kappa shape index (κ2) is 8.04. The minimum Gasteiger partial charge on any atom is -0.452 e. The zero-order valence-electron chi connectivity index (χ0n) is 13.2. The van der Waals surface area contributed by atoms with Gasteiger partial charge in [0.25, 0.3) is 5.91 Å². The molecule has 126 valence electrons. The predicted octanol–water partition coefficient (Wildman–Crippen LogP) is 3.85. The highest BCUT2D eigenvalue weighted by atomic mass is 35.5. The van der Waals surface area contributed by atoms with Crippen molar-refractivity contribution in [2.75, 3.05) is 30.9 Å². The van der Waals surface area contributed by atoms with Crippen molar-refractivity contribution < 1.29 is 14.3 Å². The van der Waals surface area contributed by atoms with Crippen molar-refractivity contribution in [1.29, 1.82) is 0 Å². The van der Waals surface area contributed by atoms with Crippen molar-refractivity contribution in [3.05, 3.63) is 58.1 Å². The standard InChI is InChI=1S/C17H16Cl2N2O3/c1-21(2)13-6-3-11(4-7-13)17(23)24-10-16(22)20-12-5-8-14(18)15(19)9-12/h3-9H,10H2,1-2H3,(H,20,22). The van der Waals surface area contributed by atoms with Gasteiger partial charge in [-0.3, -0.25) is 4.79 Å². The molecule has 0 radical (unpaired) electrons. The van der Waals surface area contributed by atoms with E-state index in [-0.39, 0.29) is 0 Å². The number of nitrogens with zero attached hydrogens (tertiary/aromatic N) is 1. The van der Waals surface area contributed by atoms with E-state index >= 15 is 0 Å². The molecule has 5 nitrogen and oxygen atoms in total. The summed E-state index contributed by atoms with van der Waals surface area (Å²) in [6.07, 6.45) is 0. The van der Waals surface area contributed by atoms with Crippen LogP contribution in [0.5, 0.6) is 0 Å². The summed E-state index contributed by atoms with van der Waals surface area (Å²) in [6.45, 7) is -0.394. The molecule has 0 saturated heterocycles. The van der Waals surface area contributed by atoms with Gasteiger partial charge in [0, 0.05) is 25.5 Å². The zero-order valence-corrected chi connectivity index (χ0v) is 14.7. The van der Waals surface area contributed by atoms with Crippen LogP contribution >= 0.6 is 23.2 Å². The lowest BCUT2D eigenvalue weighted by molar-refractivity contribution is -0.119. The molecule has 0 unspecified atom stereocenters. The molecule has 0 aliphatic carbocycles. The lowest BCUT2D eigenvalue weighted by Crippen LogP contribution is -2.21. The van der Waals surface area contributed by atoms with Crippen LogP contribution in [0.1, 0.15) is 10.4 Å². The number of hydrogen-bond acceptors (Lipinski definition) is 4. The van der Waals surface area contributed by atoms with Crippen LogP contribution in [0.25, 0.3) is 0 Å². The van der Waals surface area contributed by atoms with Gasteiger partial charge in [0.05, 0.1) is 15.6 Å². The smallest absolute Gasteiger partial charge is 0.338 e. The molecular weight excluding hydrogens is 351 g/mol. The first-order valence-electron chi connectivity index (χ1n) is 7.06. The molecule has 1 N–H and O–H groups in total. The Bertz CT molecular complexity index is 746. The van der Waals surface area contributed by atoms with Gasteiger partial charge in [-0.1, -0.05) is 23.2 Å². The SMILES string of the molecule is CN(C)c1ccc(C(=O)OCC(=O)Nc2ccc(Cl)c(Cl)c2)cc1. The summed E-state index contributed by atoms with van der Waals surface area (Å²) in [4.78, 5) is 25.7. The Morgan fingerprint density at radius 3 is 2.29 bits per heavy atom. The van der Waals surface area contributed by atoms with Crippen molar-refractivity contribution in [3.8, 4) is 0 Å². The third kappa shape index (κ3) is 4.88. The number of halogens is 2. The van der Waals surface area contributed by atoms with E-state index in [4.69, 9.17) is 27.9 Å². The van der Waals surface area contributed by atoms with Crippen LogP contribution in [0.3, 0.4) is 0 Å². The van der Waals surface area contributed by atoms with Crippen molar-refractivity contribution in [2.24, 2.45) is 0 Å². The second-order valence-electron chi connectivity index (χ2n) is 5.19. The number of nitrogens with one attached hydrogen (secondary N) is 1. The fourth-order valence-electron chi connectivity index (χ4n) is 1.88. The largest absolute Gasteiger partial charge is 0.452 e. The summed E-state index contributed by atoms with van der Waals surface area (Å²) in [5, 5.41) is 3.29. The predicted molar refractivity (Wildman–Crippen MR) is 96.1 cm³/mol. The van der Waals surface area contributed by atoms with E-state index in [1.54, 1.807) is 36.4 Å². The number of esters is 1. The molecule has 24 heavy (non-hydrogen) atoms. The van der Waals surface area contributed by atoms with E-state index < -0.39 is 18.5 Å². The Morgan fingerprint density at radius 1 is 1.04 bits per heavy atom. The lowest BCUT2D eigenvalue weighted by Gasteiger charge is -2.12. The second-order valence-corrected chi connectivity index (χ2v) is 6.01. The number of anilines is 2. The Balaban J connectivity index is 1.88. The molecule has 0 saturated carbocycles. The first-order valence-corrected chi connectivity index (χ1v) is 7.82. The molecule has 2 aromatic rings. The monoisotopic (exact) mass is 366 g/mol. The van der Waals surface area contributed by atoms with Crippen molar-refractivity contribution >= 4 is 46.5 Å². The summed E-state index contributed by atoms with van der Waals surface area (Å²) < 4.78 is 4.99. The molecule has 0 heterocycles. The van der Waals surface area contributed by atoms with E-state index in [1.165, 1.54) is 6.07 Å². The number of carbonyl (C=O) groups is 2. The van der Waals surface area contributed by atoms with Gasteiger partial charge in [0.1, 0.15) is 0 Å². The summed E-state index contributed by atoms with van der Waals surface area (Å²) in [5.74, 6) is -1.03. The van der Waals surface area contributed by atoms with E-state index in [2.05, 4.69) is 5.32 Å². The highest BCUT2D eigenvalue weighted by molar-refractivity contribution is 6.42. The average molecular weight is 367 g/mol. The molecule has 2 aromatic carbocycles. The van der Waals surface area contributed by atoms with Crippen LogP contribution in [0.15, 0.2) is 42.5 Å². The Labute approximate surface area is 150 Å². The van der Waals surface area contributed by atoms with Gasteiger partial charge in [-0.15, -0.1) is 0 Å². The molecule has 0 fully saturated rings. The molecule has 1 amide bonds. The number of benzene rings is 2. The van der Waals surface area contributed by atoms with Crippen LogP contribution in [0.2, 0.25) is 10.0 Å². The molecule has 2 rings (SSSR count). The maximum absolute atomic E-state index is 11.9. The summed E-state index contributed by atoms with van der Waals surface area (Å²) in [5.41, 5.74) is 1.81. The first kappa shape index (κ1) is 18.1. The van der Waals surface area contributed by atoms with Crippen molar-refractivity contribution in [1.82, 2.24) is 0 Å². The van der Waals surface area contributed by atoms with Crippen LogP contribution in [0.4, 0.5) is 11.4 Å². The number of ether oxygens (including phenoxy) is 1. The minimum absolute atomic E-state index is 0.326. The van der Waals surface area contributed by atoms with E-state index in [0.29, 0.717) is 21.3 Å². The van der Waals surface area contributed by atoms with Crippen molar-refractivity contribution in [2.45, 2.75) is 0 Å². The molecule has 0 spiro atoms. The maximum Gasteiger partial charge on any atom is 0.338 e. The van der Waals surface area contributed by atoms with Gasteiger partial charge in [-0.2, -0.15) is 0 Å². The third-order valence-corrected chi connectivity index (χ3v) is 3.90. The van der Waals surface area contributed by atoms with E-state index in [9.17, 15) is 9.59 Å². The van der Waals surface area contributed by atoms with Crippen LogP contribution in [0, 0.1) is 0 Å². The quantitative estimate of drug-likeness (QED) is 0.816. The number of rotatable bonds is 5. The molecule has 0 atom stereocenters. The van der Waals surface area contributed by atoms with E-state index in [1.807, 2.05) is 19.0 Å². The fraction of sp³-hybridized carbons (Fsp3) is 0.176. The molecule has 0 bridgehead atoms. The van der Waals surface area contributed by atoms with Crippen LogP contribution < -0.4 is 10.2 Å². The number of hydrogen-bond donors (Lipinski definition) is 1.